The van der Waals surface area contributed by atoms with Crippen LogP contribution in [0.3, 0.4) is 0 Å². The second-order valence-corrected chi connectivity index (χ2v) is 5.46. The first-order chi connectivity index (χ1) is 6.86. The topological polar surface area (TPSA) is 0 Å². The van der Waals surface area contributed by atoms with E-state index in [0.29, 0.717) is 0 Å². The molecule has 0 saturated heterocycles. The highest BCUT2D eigenvalue weighted by Gasteiger charge is 2.17. The van der Waals surface area contributed by atoms with Crippen LogP contribution < -0.4 is 0 Å². The Hall–Kier alpha value is -0.0400. The molecule has 2 rings (SSSR count). The molecule has 0 aromatic carbocycles. The molecule has 0 aromatic rings. The van der Waals surface area contributed by atoms with Gasteiger partial charge >= 0.3 is 0 Å². The van der Waals surface area contributed by atoms with Crippen LogP contribution >= 0.6 is 15.9 Å². The van der Waals surface area contributed by atoms with E-state index < -0.39 is 0 Å². The molecule has 0 aliphatic heterocycles. The number of allylic oxidation sites excluding steroid dienone is 4. The predicted molar refractivity (Wildman–Crippen MR) is 65.5 cm³/mol. The normalized spacial score (nSPS) is 29.1. The van der Waals surface area contributed by atoms with E-state index >= 15 is 0 Å². The van der Waals surface area contributed by atoms with Gasteiger partial charge < -0.3 is 0 Å². The standard InChI is InChI=1S/C13H19Br/c14-13-9-8-11-6-4-2-1-3-5-7-12(11)10-13/h9-11H,1-8H2. The molecule has 0 bridgehead atoms. The van der Waals surface area contributed by atoms with E-state index in [4.69, 9.17) is 0 Å². The first-order valence-electron chi connectivity index (χ1n) is 5.92. The maximum Gasteiger partial charge on any atom is 0.0135 e. The molecule has 78 valence electrons. The van der Waals surface area contributed by atoms with Gasteiger partial charge in [-0.15, -0.1) is 0 Å². The number of fused-ring (bicyclic) bond motifs is 1. The molecule has 0 N–H and O–H groups in total. The van der Waals surface area contributed by atoms with Crippen molar-refractivity contribution in [1.82, 2.24) is 0 Å². The van der Waals surface area contributed by atoms with Gasteiger partial charge in [0.1, 0.15) is 0 Å². The zero-order valence-corrected chi connectivity index (χ0v) is 10.4. The largest absolute Gasteiger partial charge is 0.0697 e. The summed E-state index contributed by atoms with van der Waals surface area (Å²) in [5.41, 5.74) is 1.71. The number of halogens is 1. The average Bonchev–Trinajstić information content (AvgIpc) is 2.29. The highest BCUT2D eigenvalue weighted by atomic mass is 79.9. The van der Waals surface area contributed by atoms with E-state index in [0.717, 1.165) is 5.92 Å². The van der Waals surface area contributed by atoms with Gasteiger partial charge in [-0.25, -0.2) is 0 Å². The van der Waals surface area contributed by atoms with Gasteiger partial charge in [-0.3, -0.25) is 0 Å². The SMILES string of the molecule is BrC1=CCC2CCCCCCCC2=C1. The summed E-state index contributed by atoms with van der Waals surface area (Å²) in [7, 11) is 0. The quantitative estimate of drug-likeness (QED) is 0.574. The van der Waals surface area contributed by atoms with Gasteiger partial charge in [-0.2, -0.15) is 0 Å². The Labute approximate surface area is 95.6 Å². The van der Waals surface area contributed by atoms with Crippen LogP contribution in [0.1, 0.15) is 51.4 Å². The minimum atomic E-state index is 0.870. The van der Waals surface area contributed by atoms with E-state index in [1.165, 1.54) is 55.8 Å². The van der Waals surface area contributed by atoms with Gasteiger partial charge in [0.2, 0.25) is 0 Å². The van der Waals surface area contributed by atoms with Crippen LogP contribution in [0.5, 0.6) is 0 Å². The third kappa shape index (κ3) is 2.73. The van der Waals surface area contributed by atoms with Crippen LogP contribution in [0.4, 0.5) is 0 Å². The van der Waals surface area contributed by atoms with Crippen molar-refractivity contribution >= 4 is 15.9 Å². The fourth-order valence-electron chi connectivity index (χ4n) is 2.59. The minimum absolute atomic E-state index is 0.870. The van der Waals surface area contributed by atoms with Crippen LogP contribution in [0.2, 0.25) is 0 Å². The van der Waals surface area contributed by atoms with Gasteiger partial charge in [-0.05, 0) is 37.7 Å². The van der Waals surface area contributed by atoms with E-state index in [-0.39, 0.29) is 0 Å². The Morgan fingerprint density at radius 3 is 2.79 bits per heavy atom. The van der Waals surface area contributed by atoms with Crippen molar-refractivity contribution in [2.75, 3.05) is 0 Å². The Morgan fingerprint density at radius 1 is 1.07 bits per heavy atom. The average molecular weight is 255 g/mol. The van der Waals surface area contributed by atoms with Gasteiger partial charge in [0.25, 0.3) is 0 Å². The second kappa shape index (κ2) is 5.16. The smallest absolute Gasteiger partial charge is 0.0135 e. The summed E-state index contributed by atoms with van der Waals surface area (Å²) in [5.74, 6) is 0.870. The molecule has 0 heterocycles. The van der Waals surface area contributed by atoms with Crippen LogP contribution in [-0.4, -0.2) is 0 Å². The zero-order valence-electron chi connectivity index (χ0n) is 8.77. The molecule has 1 atom stereocenters. The Kier molecular flexibility index (Phi) is 3.86. The summed E-state index contributed by atoms with van der Waals surface area (Å²) in [5, 5.41) is 0. The van der Waals surface area contributed by atoms with Gasteiger partial charge in [0, 0.05) is 4.48 Å². The lowest BCUT2D eigenvalue weighted by Gasteiger charge is -2.21. The third-order valence-electron chi connectivity index (χ3n) is 3.46. The number of hydrogen-bond acceptors (Lipinski definition) is 0. The molecule has 1 fully saturated rings. The highest BCUT2D eigenvalue weighted by Crippen LogP contribution is 2.34. The fraction of sp³-hybridized carbons (Fsp3) is 0.692. The van der Waals surface area contributed by atoms with Crippen LogP contribution in [-0.2, 0) is 0 Å². The van der Waals surface area contributed by atoms with Crippen molar-refractivity contribution in [2.24, 2.45) is 5.92 Å². The summed E-state index contributed by atoms with van der Waals surface area (Å²) in [6.07, 6.45) is 15.9. The first kappa shape index (κ1) is 10.5. The Balaban J connectivity index is 2.05. The molecule has 1 unspecified atom stereocenters. The molecular formula is C13H19Br. The minimum Gasteiger partial charge on any atom is -0.0697 e. The molecule has 14 heavy (non-hydrogen) atoms. The number of rotatable bonds is 0. The maximum absolute atomic E-state index is 3.60. The summed E-state index contributed by atoms with van der Waals surface area (Å²) >= 11 is 3.60. The summed E-state index contributed by atoms with van der Waals surface area (Å²) in [6, 6.07) is 0. The van der Waals surface area contributed by atoms with Crippen LogP contribution in [0.15, 0.2) is 22.2 Å². The van der Waals surface area contributed by atoms with Gasteiger partial charge in [0.15, 0.2) is 0 Å². The third-order valence-corrected chi connectivity index (χ3v) is 4.02. The van der Waals surface area contributed by atoms with Crippen LogP contribution in [0, 0.1) is 5.92 Å². The van der Waals surface area contributed by atoms with E-state index in [1.807, 2.05) is 0 Å². The second-order valence-electron chi connectivity index (χ2n) is 4.55. The lowest BCUT2D eigenvalue weighted by molar-refractivity contribution is 0.517. The van der Waals surface area contributed by atoms with E-state index in [1.54, 1.807) is 5.57 Å². The summed E-state index contributed by atoms with van der Waals surface area (Å²) < 4.78 is 1.31. The summed E-state index contributed by atoms with van der Waals surface area (Å²) in [6.45, 7) is 0. The molecule has 0 radical (unpaired) electrons. The predicted octanol–water partition coefficient (Wildman–Crippen LogP) is 4.96. The fourth-order valence-corrected chi connectivity index (χ4v) is 3.07. The zero-order chi connectivity index (χ0) is 9.80. The molecule has 2 aliphatic rings. The maximum atomic E-state index is 3.60. The number of hydrogen-bond donors (Lipinski definition) is 0. The molecule has 0 nitrogen and oxygen atoms in total. The monoisotopic (exact) mass is 254 g/mol. The molecular weight excluding hydrogens is 236 g/mol. The molecule has 0 amide bonds. The van der Waals surface area contributed by atoms with Crippen molar-refractivity contribution in [2.45, 2.75) is 51.4 Å². The van der Waals surface area contributed by atoms with Crippen molar-refractivity contribution in [1.29, 1.82) is 0 Å². The molecule has 1 heteroatoms. The van der Waals surface area contributed by atoms with Crippen molar-refractivity contribution in [3.8, 4) is 0 Å². The van der Waals surface area contributed by atoms with Gasteiger partial charge in [-0.1, -0.05) is 53.3 Å². The van der Waals surface area contributed by atoms with Crippen molar-refractivity contribution in [3.63, 3.8) is 0 Å². The lowest BCUT2D eigenvalue weighted by Crippen LogP contribution is -2.06. The molecule has 0 spiro atoms. The van der Waals surface area contributed by atoms with Crippen molar-refractivity contribution < 1.29 is 0 Å². The molecule has 0 aromatic heterocycles. The highest BCUT2D eigenvalue weighted by molar-refractivity contribution is 9.11. The van der Waals surface area contributed by atoms with E-state index in [2.05, 4.69) is 28.1 Å². The molecule has 1 saturated carbocycles. The Bertz CT molecular complexity index is 250. The van der Waals surface area contributed by atoms with Crippen LogP contribution in [0.25, 0.3) is 0 Å². The van der Waals surface area contributed by atoms with Crippen molar-refractivity contribution in [3.05, 3.63) is 22.2 Å². The molecule has 2 aliphatic carbocycles. The van der Waals surface area contributed by atoms with E-state index in [9.17, 15) is 0 Å². The first-order valence-corrected chi connectivity index (χ1v) is 6.71. The van der Waals surface area contributed by atoms with Gasteiger partial charge in [0.05, 0.1) is 0 Å². The Morgan fingerprint density at radius 2 is 1.86 bits per heavy atom. The lowest BCUT2D eigenvalue weighted by atomic mass is 9.85. The summed E-state index contributed by atoms with van der Waals surface area (Å²) in [4.78, 5) is 0.